The second kappa shape index (κ2) is 2.44. The summed E-state index contributed by atoms with van der Waals surface area (Å²) in [6.07, 6.45) is 0. The van der Waals surface area contributed by atoms with Crippen LogP contribution in [0.1, 0.15) is 12.5 Å². The Balaban J connectivity index is 2.59. The molecule has 1 aromatic rings. The molecule has 3 heteroatoms. The number of nitrogens with one attached hydrogen (secondary N) is 1. The van der Waals surface area contributed by atoms with Crippen LogP contribution in [-0.2, 0) is 0 Å². The van der Waals surface area contributed by atoms with E-state index in [1.165, 1.54) is 0 Å². The first-order valence-electron chi connectivity index (χ1n) is 3.77. The Morgan fingerprint density at radius 1 is 1.33 bits per heavy atom. The SMILES string of the molecule is CC1=C(N)c2ccccc2ON1. The van der Waals surface area contributed by atoms with Gasteiger partial charge in [0.15, 0.2) is 5.75 Å². The van der Waals surface area contributed by atoms with Crippen LogP contribution in [0.4, 0.5) is 0 Å². The predicted octanol–water partition coefficient (Wildman–Crippen LogP) is 1.23. The van der Waals surface area contributed by atoms with Gasteiger partial charge in [-0.25, -0.2) is 5.48 Å². The summed E-state index contributed by atoms with van der Waals surface area (Å²) in [5.74, 6) is 0.778. The lowest BCUT2D eigenvalue weighted by molar-refractivity contribution is 0.224. The van der Waals surface area contributed by atoms with Gasteiger partial charge in [-0.2, -0.15) is 0 Å². The monoisotopic (exact) mass is 162 g/mol. The van der Waals surface area contributed by atoms with Gasteiger partial charge >= 0.3 is 0 Å². The quantitative estimate of drug-likeness (QED) is 0.603. The smallest absolute Gasteiger partial charge is 0.164 e. The molecule has 0 fully saturated rings. The maximum absolute atomic E-state index is 5.83. The average molecular weight is 162 g/mol. The van der Waals surface area contributed by atoms with Crippen LogP contribution >= 0.6 is 0 Å². The summed E-state index contributed by atoms with van der Waals surface area (Å²) in [6.45, 7) is 1.88. The molecule has 1 aromatic carbocycles. The molecular formula is C9H10N2O. The van der Waals surface area contributed by atoms with Crippen molar-refractivity contribution in [2.45, 2.75) is 6.92 Å². The number of nitrogens with two attached hydrogens (primary N) is 1. The maximum atomic E-state index is 5.83. The highest BCUT2D eigenvalue weighted by atomic mass is 16.6. The Hall–Kier alpha value is -1.64. The minimum absolute atomic E-state index is 0.747. The number of fused-ring (bicyclic) bond motifs is 1. The number of allylic oxidation sites excluding steroid dienone is 1. The molecule has 0 bridgehead atoms. The first-order chi connectivity index (χ1) is 5.79. The highest BCUT2D eigenvalue weighted by Gasteiger charge is 2.13. The number of rotatable bonds is 0. The molecule has 0 saturated carbocycles. The van der Waals surface area contributed by atoms with Crippen molar-refractivity contribution in [3.8, 4) is 5.75 Å². The molecule has 1 aliphatic heterocycles. The zero-order chi connectivity index (χ0) is 8.55. The molecule has 0 unspecified atom stereocenters. The zero-order valence-corrected chi connectivity index (χ0v) is 6.79. The Bertz CT molecular complexity index is 344. The van der Waals surface area contributed by atoms with Gasteiger partial charge in [-0.1, -0.05) is 12.1 Å². The first kappa shape index (κ1) is 7.03. The number of hydrogen-bond acceptors (Lipinski definition) is 3. The Morgan fingerprint density at radius 2 is 2.08 bits per heavy atom. The summed E-state index contributed by atoms with van der Waals surface area (Å²) in [6, 6.07) is 7.67. The van der Waals surface area contributed by atoms with Crippen LogP contribution in [0.15, 0.2) is 30.0 Å². The third-order valence-corrected chi connectivity index (χ3v) is 1.90. The van der Waals surface area contributed by atoms with E-state index in [1.54, 1.807) is 0 Å². The molecule has 1 heterocycles. The van der Waals surface area contributed by atoms with E-state index in [-0.39, 0.29) is 0 Å². The van der Waals surface area contributed by atoms with Gasteiger partial charge in [0.2, 0.25) is 0 Å². The summed E-state index contributed by atoms with van der Waals surface area (Å²) in [4.78, 5) is 5.22. The molecule has 3 nitrogen and oxygen atoms in total. The highest BCUT2D eigenvalue weighted by molar-refractivity contribution is 5.71. The molecule has 0 saturated heterocycles. The minimum Gasteiger partial charge on any atom is -0.397 e. The molecule has 0 atom stereocenters. The number of para-hydroxylation sites is 1. The van der Waals surface area contributed by atoms with Gasteiger partial charge in [-0.05, 0) is 19.1 Å². The lowest BCUT2D eigenvalue weighted by Gasteiger charge is -2.19. The van der Waals surface area contributed by atoms with Crippen molar-refractivity contribution in [2.75, 3.05) is 0 Å². The van der Waals surface area contributed by atoms with E-state index >= 15 is 0 Å². The zero-order valence-electron chi connectivity index (χ0n) is 6.79. The summed E-state index contributed by atoms with van der Waals surface area (Å²) < 4.78 is 0. The number of benzene rings is 1. The Morgan fingerprint density at radius 3 is 2.92 bits per heavy atom. The van der Waals surface area contributed by atoms with Crippen LogP contribution < -0.4 is 16.1 Å². The lowest BCUT2D eigenvalue weighted by atomic mass is 10.1. The van der Waals surface area contributed by atoms with Gasteiger partial charge in [0.25, 0.3) is 0 Å². The first-order valence-corrected chi connectivity index (χ1v) is 3.77. The molecule has 0 amide bonds. The molecule has 2 rings (SSSR count). The third-order valence-electron chi connectivity index (χ3n) is 1.90. The normalized spacial score (nSPS) is 14.8. The van der Waals surface area contributed by atoms with Crippen LogP contribution in [0, 0.1) is 0 Å². The molecular weight excluding hydrogens is 152 g/mol. The molecule has 12 heavy (non-hydrogen) atoms. The molecule has 0 radical (unpaired) electrons. The fraction of sp³-hybridized carbons (Fsp3) is 0.111. The van der Waals surface area contributed by atoms with Gasteiger partial charge in [-0.15, -0.1) is 0 Å². The van der Waals surface area contributed by atoms with Crippen LogP contribution in [0.25, 0.3) is 5.70 Å². The Kier molecular flexibility index (Phi) is 1.43. The highest BCUT2D eigenvalue weighted by Crippen LogP contribution is 2.26. The molecule has 0 spiro atoms. The second-order valence-corrected chi connectivity index (χ2v) is 2.74. The van der Waals surface area contributed by atoms with Crippen molar-refractivity contribution in [3.05, 3.63) is 35.5 Å². The minimum atomic E-state index is 0.747. The lowest BCUT2D eigenvalue weighted by Crippen LogP contribution is -2.24. The van der Waals surface area contributed by atoms with E-state index in [4.69, 9.17) is 10.6 Å². The topological polar surface area (TPSA) is 47.3 Å². The van der Waals surface area contributed by atoms with E-state index in [1.807, 2.05) is 31.2 Å². The van der Waals surface area contributed by atoms with Crippen molar-refractivity contribution in [3.63, 3.8) is 0 Å². The van der Waals surface area contributed by atoms with E-state index in [0.29, 0.717) is 0 Å². The van der Waals surface area contributed by atoms with Crippen LogP contribution in [0.5, 0.6) is 5.75 Å². The van der Waals surface area contributed by atoms with Crippen molar-refractivity contribution >= 4 is 5.70 Å². The van der Waals surface area contributed by atoms with Crippen LogP contribution in [0.3, 0.4) is 0 Å². The molecule has 62 valence electrons. The number of hydrogen-bond donors (Lipinski definition) is 2. The fourth-order valence-electron chi connectivity index (χ4n) is 1.17. The standard InChI is InChI=1S/C9H10N2O/c1-6-9(10)7-4-2-3-5-8(7)12-11-6/h2-5,11H,10H2,1H3. The molecule has 0 aliphatic carbocycles. The van der Waals surface area contributed by atoms with Gasteiger partial charge < -0.3 is 10.6 Å². The summed E-state index contributed by atoms with van der Waals surface area (Å²) in [5, 5.41) is 0. The van der Waals surface area contributed by atoms with Crippen molar-refractivity contribution in [1.29, 1.82) is 0 Å². The van der Waals surface area contributed by atoms with Crippen molar-refractivity contribution in [2.24, 2.45) is 5.73 Å². The van der Waals surface area contributed by atoms with Gasteiger partial charge in [-0.3, -0.25) is 0 Å². The van der Waals surface area contributed by atoms with Crippen molar-refractivity contribution < 1.29 is 4.84 Å². The summed E-state index contributed by atoms with van der Waals surface area (Å²) in [5.41, 5.74) is 11.1. The Labute approximate surface area is 70.8 Å². The second-order valence-electron chi connectivity index (χ2n) is 2.74. The maximum Gasteiger partial charge on any atom is 0.164 e. The molecule has 3 N–H and O–H groups in total. The van der Waals surface area contributed by atoms with Gasteiger partial charge in [0.1, 0.15) is 0 Å². The van der Waals surface area contributed by atoms with E-state index in [9.17, 15) is 0 Å². The number of hydroxylamine groups is 1. The van der Waals surface area contributed by atoms with Crippen molar-refractivity contribution in [1.82, 2.24) is 5.48 Å². The van der Waals surface area contributed by atoms with Gasteiger partial charge in [0, 0.05) is 5.56 Å². The fourth-order valence-corrected chi connectivity index (χ4v) is 1.17. The van der Waals surface area contributed by atoms with Crippen LogP contribution in [-0.4, -0.2) is 0 Å². The van der Waals surface area contributed by atoms with E-state index < -0.39 is 0 Å². The van der Waals surface area contributed by atoms with Gasteiger partial charge in [0.05, 0.1) is 11.4 Å². The summed E-state index contributed by atoms with van der Waals surface area (Å²) in [7, 11) is 0. The predicted molar refractivity (Wildman–Crippen MR) is 47.0 cm³/mol. The summed E-state index contributed by atoms with van der Waals surface area (Å²) >= 11 is 0. The third kappa shape index (κ3) is 0.906. The van der Waals surface area contributed by atoms with E-state index in [0.717, 1.165) is 22.7 Å². The molecule has 1 aliphatic rings. The molecule has 0 aromatic heterocycles. The van der Waals surface area contributed by atoms with E-state index in [2.05, 4.69) is 5.48 Å². The average Bonchev–Trinajstić information content (AvgIpc) is 2.12. The van der Waals surface area contributed by atoms with Crippen LogP contribution in [0.2, 0.25) is 0 Å². The largest absolute Gasteiger partial charge is 0.397 e.